The molecule has 0 saturated carbocycles. The summed E-state index contributed by atoms with van der Waals surface area (Å²) in [5, 5.41) is 12.8. The SMILES string of the molecule is O=C(Nc1ccc(OC(F)(F)F)cc1)C1(O)CCN(S(=O)(=O)CCC(F)(F)F)CC1. The second kappa shape index (κ2) is 8.59. The van der Waals surface area contributed by atoms with Crippen LogP contribution in [0.25, 0.3) is 0 Å². The molecule has 1 aliphatic rings. The number of halogens is 6. The normalized spacial score (nSPS) is 18.1. The Morgan fingerprint density at radius 1 is 1.10 bits per heavy atom. The molecule has 1 amide bonds. The average Bonchev–Trinajstić information content (AvgIpc) is 2.60. The molecule has 0 unspecified atom stereocenters. The summed E-state index contributed by atoms with van der Waals surface area (Å²) in [6, 6.07) is 4.12. The van der Waals surface area contributed by atoms with E-state index in [0.717, 1.165) is 28.6 Å². The molecule has 1 aromatic carbocycles. The van der Waals surface area contributed by atoms with Gasteiger partial charge in [0.2, 0.25) is 10.0 Å². The Morgan fingerprint density at radius 3 is 2.10 bits per heavy atom. The summed E-state index contributed by atoms with van der Waals surface area (Å²) < 4.78 is 102. The van der Waals surface area contributed by atoms with E-state index in [1.54, 1.807) is 0 Å². The van der Waals surface area contributed by atoms with E-state index < -0.39 is 52.0 Å². The first-order valence-corrected chi connectivity index (χ1v) is 10.1. The van der Waals surface area contributed by atoms with Crippen LogP contribution in [-0.2, 0) is 14.8 Å². The van der Waals surface area contributed by atoms with Crippen LogP contribution in [0, 0.1) is 0 Å². The van der Waals surface area contributed by atoms with E-state index in [0.29, 0.717) is 0 Å². The predicted octanol–water partition coefficient (Wildman–Crippen LogP) is 2.63. The van der Waals surface area contributed by atoms with Gasteiger partial charge in [0.1, 0.15) is 11.4 Å². The molecule has 30 heavy (non-hydrogen) atoms. The number of piperidine rings is 1. The van der Waals surface area contributed by atoms with Crippen LogP contribution >= 0.6 is 0 Å². The van der Waals surface area contributed by atoms with Gasteiger partial charge in [-0.2, -0.15) is 13.2 Å². The molecule has 14 heteroatoms. The van der Waals surface area contributed by atoms with Gasteiger partial charge in [0.05, 0.1) is 12.2 Å². The average molecular weight is 464 g/mol. The first-order chi connectivity index (χ1) is 13.6. The van der Waals surface area contributed by atoms with Crippen LogP contribution < -0.4 is 10.1 Å². The highest BCUT2D eigenvalue weighted by atomic mass is 32.2. The van der Waals surface area contributed by atoms with Crippen LogP contribution in [0.1, 0.15) is 19.3 Å². The molecule has 0 spiro atoms. The summed E-state index contributed by atoms with van der Waals surface area (Å²) in [7, 11) is -4.21. The van der Waals surface area contributed by atoms with Crippen molar-refractivity contribution >= 4 is 21.6 Å². The minimum Gasteiger partial charge on any atom is -0.406 e. The zero-order chi connectivity index (χ0) is 22.8. The highest BCUT2D eigenvalue weighted by Gasteiger charge is 2.42. The molecule has 1 fully saturated rings. The predicted molar refractivity (Wildman–Crippen MR) is 92.0 cm³/mol. The number of benzene rings is 1. The second-order valence-electron chi connectivity index (χ2n) is 6.64. The highest BCUT2D eigenvalue weighted by molar-refractivity contribution is 7.89. The fourth-order valence-corrected chi connectivity index (χ4v) is 4.21. The van der Waals surface area contributed by atoms with Gasteiger partial charge < -0.3 is 15.2 Å². The second-order valence-corrected chi connectivity index (χ2v) is 8.73. The Balaban J connectivity index is 1.94. The fraction of sp³-hybridized carbons (Fsp3) is 0.562. The maximum atomic E-state index is 12.3. The van der Waals surface area contributed by atoms with Crippen molar-refractivity contribution < 1.29 is 49.4 Å². The Labute approximate surface area is 167 Å². The quantitative estimate of drug-likeness (QED) is 0.632. The van der Waals surface area contributed by atoms with Gasteiger partial charge in [-0.1, -0.05) is 0 Å². The van der Waals surface area contributed by atoms with E-state index in [1.807, 2.05) is 0 Å². The van der Waals surface area contributed by atoms with Crippen molar-refractivity contribution in [3.63, 3.8) is 0 Å². The lowest BCUT2D eigenvalue weighted by Gasteiger charge is -2.36. The lowest BCUT2D eigenvalue weighted by molar-refractivity contribution is -0.274. The molecule has 0 bridgehead atoms. The van der Waals surface area contributed by atoms with Gasteiger partial charge in [0, 0.05) is 18.8 Å². The molecule has 0 aliphatic carbocycles. The van der Waals surface area contributed by atoms with E-state index in [-0.39, 0.29) is 31.6 Å². The molecule has 0 atom stereocenters. The number of sulfonamides is 1. The van der Waals surface area contributed by atoms with Crippen LogP contribution in [0.15, 0.2) is 24.3 Å². The van der Waals surface area contributed by atoms with E-state index >= 15 is 0 Å². The Kier molecular flexibility index (Phi) is 6.93. The van der Waals surface area contributed by atoms with Gasteiger partial charge in [-0.3, -0.25) is 4.79 Å². The third-order valence-corrected chi connectivity index (χ3v) is 6.23. The summed E-state index contributed by atoms with van der Waals surface area (Å²) in [5.41, 5.74) is -1.93. The van der Waals surface area contributed by atoms with Gasteiger partial charge in [0.25, 0.3) is 5.91 Å². The number of hydrogen-bond acceptors (Lipinski definition) is 5. The van der Waals surface area contributed by atoms with Gasteiger partial charge >= 0.3 is 12.5 Å². The van der Waals surface area contributed by atoms with Crippen molar-refractivity contribution in [2.24, 2.45) is 0 Å². The summed E-state index contributed by atoms with van der Waals surface area (Å²) in [4.78, 5) is 12.3. The molecule has 0 radical (unpaired) electrons. The van der Waals surface area contributed by atoms with Crippen LogP contribution in [0.3, 0.4) is 0 Å². The number of hydrogen-bond donors (Lipinski definition) is 2. The molecule has 7 nitrogen and oxygen atoms in total. The Bertz CT molecular complexity index is 846. The number of amides is 1. The zero-order valence-corrected chi connectivity index (χ0v) is 16.1. The number of aliphatic hydroxyl groups is 1. The van der Waals surface area contributed by atoms with Crippen molar-refractivity contribution in [3.8, 4) is 5.75 Å². The van der Waals surface area contributed by atoms with E-state index in [2.05, 4.69) is 10.1 Å². The zero-order valence-electron chi connectivity index (χ0n) is 15.3. The number of carbonyl (C=O) groups is 1. The molecule has 1 heterocycles. The molecule has 1 aromatic rings. The van der Waals surface area contributed by atoms with Gasteiger partial charge in [-0.15, -0.1) is 13.2 Å². The largest absolute Gasteiger partial charge is 0.573 e. The molecule has 2 N–H and O–H groups in total. The van der Waals surface area contributed by atoms with Crippen LogP contribution in [0.2, 0.25) is 0 Å². The number of anilines is 1. The van der Waals surface area contributed by atoms with Crippen molar-refractivity contribution in [2.75, 3.05) is 24.2 Å². The number of rotatable bonds is 6. The minimum atomic E-state index is -4.88. The summed E-state index contributed by atoms with van der Waals surface area (Å²) in [6.07, 6.45) is -11.7. The molecule has 2 rings (SSSR count). The summed E-state index contributed by atoms with van der Waals surface area (Å²) >= 11 is 0. The maximum Gasteiger partial charge on any atom is 0.573 e. The first kappa shape index (κ1) is 24.2. The number of nitrogens with zero attached hydrogens (tertiary/aromatic N) is 1. The molecule has 1 saturated heterocycles. The molecule has 1 aliphatic heterocycles. The molecule has 0 aromatic heterocycles. The lowest BCUT2D eigenvalue weighted by Crippen LogP contribution is -2.53. The van der Waals surface area contributed by atoms with Gasteiger partial charge in [-0.05, 0) is 37.1 Å². The third-order valence-electron chi connectivity index (χ3n) is 4.35. The fourth-order valence-electron chi connectivity index (χ4n) is 2.72. The smallest absolute Gasteiger partial charge is 0.406 e. The van der Waals surface area contributed by atoms with Crippen molar-refractivity contribution in [2.45, 2.75) is 37.4 Å². The monoisotopic (exact) mass is 464 g/mol. The molecular formula is C16H18F6N2O5S. The first-order valence-electron chi connectivity index (χ1n) is 8.54. The number of ether oxygens (including phenoxy) is 1. The van der Waals surface area contributed by atoms with Crippen LogP contribution in [0.5, 0.6) is 5.75 Å². The van der Waals surface area contributed by atoms with E-state index in [4.69, 9.17) is 0 Å². The topological polar surface area (TPSA) is 95.9 Å². The van der Waals surface area contributed by atoms with Crippen LogP contribution in [0.4, 0.5) is 32.0 Å². The minimum absolute atomic E-state index is 0.0585. The third kappa shape index (κ3) is 7.02. The Hall–Kier alpha value is -2.06. The van der Waals surface area contributed by atoms with Crippen molar-refractivity contribution in [1.82, 2.24) is 4.31 Å². The van der Waals surface area contributed by atoms with Gasteiger partial charge in [0.15, 0.2) is 0 Å². The van der Waals surface area contributed by atoms with E-state index in [1.165, 1.54) is 0 Å². The van der Waals surface area contributed by atoms with Gasteiger partial charge in [-0.25, -0.2) is 12.7 Å². The number of nitrogens with one attached hydrogen (secondary N) is 1. The summed E-state index contributed by atoms with van der Waals surface area (Å²) in [5.74, 6) is -2.57. The molecular weight excluding hydrogens is 446 g/mol. The van der Waals surface area contributed by atoms with Crippen molar-refractivity contribution in [1.29, 1.82) is 0 Å². The summed E-state index contributed by atoms with van der Waals surface area (Å²) in [6.45, 7) is -0.717. The molecule has 170 valence electrons. The number of carbonyl (C=O) groups excluding carboxylic acids is 1. The van der Waals surface area contributed by atoms with Crippen molar-refractivity contribution in [3.05, 3.63) is 24.3 Å². The maximum absolute atomic E-state index is 12.3. The Morgan fingerprint density at radius 2 is 1.63 bits per heavy atom. The highest BCUT2D eigenvalue weighted by Crippen LogP contribution is 2.29. The standard InChI is InChI=1S/C16H18F6N2O5S/c17-15(18,19)7-10-30(27,28)24-8-5-14(26,6-9-24)13(25)23-11-1-3-12(4-2-11)29-16(20,21)22/h1-4,26H,5-10H2,(H,23,25). The van der Waals surface area contributed by atoms with E-state index in [9.17, 15) is 44.7 Å². The lowest BCUT2D eigenvalue weighted by atomic mass is 9.91. The number of alkyl halides is 6. The van der Waals surface area contributed by atoms with Crippen LogP contribution in [-0.4, -0.2) is 60.7 Å².